The number of anilines is 1. The second-order valence-corrected chi connectivity index (χ2v) is 6.97. The summed E-state index contributed by atoms with van der Waals surface area (Å²) in [4.78, 5) is 9.99. The molecule has 0 amide bonds. The summed E-state index contributed by atoms with van der Waals surface area (Å²) in [5.41, 5.74) is 1.29. The van der Waals surface area contributed by atoms with Crippen molar-refractivity contribution in [2.45, 2.75) is 31.1 Å². The van der Waals surface area contributed by atoms with Gasteiger partial charge in [-0.2, -0.15) is 0 Å². The SMILES string of the molecule is CC[C@@H](C)c1ccc(NS(=O)(=O)c2cccc([N+](=O)[O-])c2)cc1. The van der Waals surface area contributed by atoms with E-state index in [1.165, 1.54) is 18.2 Å². The fraction of sp³-hybridized carbons (Fsp3) is 0.250. The lowest BCUT2D eigenvalue weighted by molar-refractivity contribution is -0.385. The Hall–Kier alpha value is -2.41. The Balaban J connectivity index is 2.24. The molecule has 0 saturated carbocycles. The lowest BCUT2D eigenvalue weighted by atomic mass is 9.99. The van der Waals surface area contributed by atoms with Gasteiger partial charge in [0.05, 0.1) is 9.82 Å². The molecule has 2 rings (SSSR count). The molecule has 23 heavy (non-hydrogen) atoms. The summed E-state index contributed by atoms with van der Waals surface area (Å²) in [6.45, 7) is 4.19. The average Bonchev–Trinajstić information content (AvgIpc) is 2.54. The molecule has 6 nitrogen and oxygen atoms in total. The molecule has 0 unspecified atom stereocenters. The number of hydrogen-bond donors (Lipinski definition) is 1. The molecule has 0 spiro atoms. The van der Waals surface area contributed by atoms with Crippen molar-refractivity contribution in [1.82, 2.24) is 0 Å². The van der Waals surface area contributed by atoms with Crippen molar-refractivity contribution in [1.29, 1.82) is 0 Å². The van der Waals surface area contributed by atoms with Crippen LogP contribution in [0.25, 0.3) is 0 Å². The van der Waals surface area contributed by atoms with Crippen LogP contribution in [-0.2, 0) is 10.0 Å². The zero-order valence-electron chi connectivity index (χ0n) is 12.9. The molecule has 0 aliphatic rings. The van der Waals surface area contributed by atoms with Crippen LogP contribution in [0.15, 0.2) is 53.4 Å². The molecule has 2 aromatic rings. The van der Waals surface area contributed by atoms with Crippen molar-refractivity contribution in [3.8, 4) is 0 Å². The highest BCUT2D eigenvalue weighted by molar-refractivity contribution is 7.92. The van der Waals surface area contributed by atoms with Gasteiger partial charge in [0.1, 0.15) is 0 Å². The second kappa shape index (κ2) is 6.78. The van der Waals surface area contributed by atoms with E-state index in [4.69, 9.17) is 0 Å². The monoisotopic (exact) mass is 334 g/mol. The number of rotatable bonds is 6. The number of nitro benzene ring substituents is 1. The van der Waals surface area contributed by atoms with E-state index in [0.717, 1.165) is 18.1 Å². The third kappa shape index (κ3) is 4.07. The van der Waals surface area contributed by atoms with Crippen LogP contribution < -0.4 is 4.72 Å². The number of nitro groups is 1. The molecule has 2 aromatic carbocycles. The first kappa shape index (κ1) is 17.0. The summed E-state index contributed by atoms with van der Waals surface area (Å²) in [5.74, 6) is 0.400. The van der Waals surface area contributed by atoms with Gasteiger partial charge in [-0.25, -0.2) is 8.42 Å². The Morgan fingerprint density at radius 1 is 1.17 bits per heavy atom. The molecule has 1 atom stereocenters. The maximum absolute atomic E-state index is 12.3. The Bertz CT molecular complexity index is 801. The van der Waals surface area contributed by atoms with Crippen LogP contribution in [0.2, 0.25) is 0 Å². The van der Waals surface area contributed by atoms with E-state index in [1.807, 2.05) is 12.1 Å². The molecule has 0 aromatic heterocycles. The number of benzene rings is 2. The summed E-state index contributed by atoms with van der Waals surface area (Å²) < 4.78 is 27.1. The summed E-state index contributed by atoms with van der Waals surface area (Å²) in [5, 5.41) is 10.8. The molecular formula is C16H18N2O4S. The summed E-state index contributed by atoms with van der Waals surface area (Å²) in [6.07, 6.45) is 0.999. The maximum atomic E-state index is 12.3. The molecular weight excluding hydrogens is 316 g/mol. The zero-order chi connectivity index (χ0) is 17.0. The molecule has 0 heterocycles. The first-order valence-corrected chi connectivity index (χ1v) is 8.69. The van der Waals surface area contributed by atoms with Gasteiger partial charge >= 0.3 is 0 Å². The van der Waals surface area contributed by atoms with Crippen LogP contribution >= 0.6 is 0 Å². The first-order chi connectivity index (χ1) is 10.8. The largest absolute Gasteiger partial charge is 0.280 e. The van der Waals surface area contributed by atoms with Crippen molar-refractivity contribution < 1.29 is 13.3 Å². The second-order valence-electron chi connectivity index (χ2n) is 5.29. The molecule has 0 bridgehead atoms. The minimum Gasteiger partial charge on any atom is -0.280 e. The fourth-order valence-corrected chi connectivity index (χ4v) is 3.19. The molecule has 1 N–H and O–H groups in total. The number of sulfonamides is 1. The van der Waals surface area contributed by atoms with Crippen LogP contribution in [0.1, 0.15) is 31.7 Å². The lowest BCUT2D eigenvalue weighted by Crippen LogP contribution is -2.13. The number of hydrogen-bond acceptors (Lipinski definition) is 4. The van der Waals surface area contributed by atoms with E-state index in [2.05, 4.69) is 18.6 Å². The van der Waals surface area contributed by atoms with E-state index in [1.54, 1.807) is 12.1 Å². The van der Waals surface area contributed by atoms with Crippen LogP contribution in [0, 0.1) is 10.1 Å². The summed E-state index contributed by atoms with van der Waals surface area (Å²) in [7, 11) is -3.86. The lowest BCUT2D eigenvalue weighted by Gasteiger charge is -2.11. The van der Waals surface area contributed by atoms with E-state index < -0.39 is 14.9 Å². The molecule has 0 aliphatic carbocycles. The highest BCUT2D eigenvalue weighted by Gasteiger charge is 2.17. The molecule has 0 radical (unpaired) electrons. The van der Waals surface area contributed by atoms with E-state index >= 15 is 0 Å². The van der Waals surface area contributed by atoms with Gasteiger partial charge in [-0.15, -0.1) is 0 Å². The average molecular weight is 334 g/mol. The van der Waals surface area contributed by atoms with Gasteiger partial charge in [0.15, 0.2) is 0 Å². The Kier molecular flexibility index (Phi) is 5.00. The van der Waals surface area contributed by atoms with E-state index in [9.17, 15) is 18.5 Å². The van der Waals surface area contributed by atoms with Gasteiger partial charge in [-0.3, -0.25) is 14.8 Å². The van der Waals surface area contributed by atoms with Crippen molar-refractivity contribution in [3.05, 3.63) is 64.2 Å². The zero-order valence-corrected chi connectivity index (χ0v) is 13.7. The number of non-ortho nitro benzene ring substituents is 1. The topological polar surface area (TPSA) is 89.3 Å². The first-order valence-electron chi connectivity index (χ1n) is 7.20. The van der Waals surface area contributed by atoms with Crippen LogP contribution in [0.4, 0.5) is 11.4 Å². The molecule has 0 aliphatic heterocycles. The van der Waals surface area contributed by atoms with Crippen LogP contribution in [0.5, 0.6) is 0 Å². The van der Waals surface area contributed by atoms with Crippen molar-refractivity contribution in [3.63, 3.8) is 0 Å². The number of nitrogens with one attached hydrogen (secondary N) is 1. The minimum atomic E-state index is -3.86. The highest BCUT2D eigenvalue weighted by atomic mass is 32.2. The van der Waals surface area contributed by atoms with Gasteiger partial charge < -0.3 is 0 Å². The van der Waals surface area contributed by atoms with Gasteiger partial charge in [0.2, 0.25) is 0 Å². The van der Waals surface area contributed by atoms with Crippen molar-refractivity contribution >= 4 is 21.4 Å². The smallest absolute Gasteiger partial charge is 0.270 e. The summed E-state index contributed by atoms with van der Waals surface area (Å²) in [6, 6.07) is 12.1. The van der Waals surface area contributed by atoms with Crippen LogP contribution in [-0.4, -0.2) is 13.3 Å². The fourth-order valence-electron chi connectivity index (χ4n) is 2.09. The molecule has 122 valence electrons. The predicted molar refractivity (Wildman–Crippen MR) is 89.1 cm³/mol. The highest BCUT2D eigenvalue weighted by Crippen LogP contribution is 2.23. The van der Waals surface area contributed by atoms with Crippen molar-refractivity contribution in [2.24, 2.45) is 0 Å². The standard InChI is InChI=1S/C16H18N2O4S/c1-3-12(2)13-7-9-14(10-8-13)17-23(21,22)16-6-4-5-15(11-16)18(19)20/h4-12,17H,3H2,1-2H3/t12-/m1/s1. The third-order valence-corrected chi connectivity index (χ3v) is 5.06. The van der Waals surface area contributed by atoms with Gasteiger partial charge in [-0.05, 0) is 36.1 Å². The number of nitrogens with zero attached hydrogens (tertiary/aromatic N) is 1. The molecule has 0 saturated heterocycles. The summed E-state index contributed by atoms with van der Waals surface area (Å²) >= 11 is 0. The van der Waals surface area contributed by atoms with Gasteiger partial charge in [0.25, 0.3) is 15.7 Å². The predicted octanol–water partition coefficient (Wildman–Crippen LogP) is 3.91. The quantitative estimate of drug-likeness (QED) is 0.640. The van der Waals surface area contributed by atoms with Crippen LogP contribution in [0.3, 0.4) is 0 Å². The Morgan fingerprint density at radius 2 is 1.83 bits per heavy atom. The Labute approximate surface area is 135 Å². The van der Waals surface area contributed by atoms with Gasteiger partial charge in [-0.1, -0.05) is 32.0 Å². The minimum absolute atomic E-state index is 0.141. The third-order valence-electron chi connectivity index (χ3n) is 3.68. The Morgan fingerprint density at radius 3 is 2.39 bits per heavy atom. The van der Waals surface area contributed by atoms with Crippen molar-refractivity contribution in [2.75, 3.05) is 4.72 Å². The van der Waals surface area contributed by atoms with Gasteiger partial charge in [0, 0.05) is 17.8 Å². The van der Waals surface area contributed by atoms with E-state index in [-0.39, 0.29) is 10.6 Å². The molecule has 7 heteroatoms. The maximum Gasteiger partial charge on any atom is 0.270 e. The molecule has 0 fully saturated rings. The normalized spacial score (nSPS) is 12.6. The van der Waals surface area contributed by atoms with E-state index in [0.29, 0.717) is 11.6 Å².